The minimum Gasteiger partial charge on any atom is -0.324 e. The third-order valence-corrected chi connectivity index (χ3v) is 3.63. The van der Waals surface area contributed by atoms with Gasteiger partial charge in [-0.15, -0.1) is 0 Å². The lowest BCUT2D eigenvalue weighted by molar-refractivity contribution is 0.637. The number of aryl methyl sites for hydroxylation is 3. The summed E-state index contributed by atoms with van der Waals surface area (Å²) in [5.74, 6) is 0. The van der Waals surface area contributed by atoms with E-state index in [1.807, 2.05) is 33.2 Å². The Kier molecular flexibility index (Phi) is 3.68. The first-order valence-corrected chi connectivity index (χ1v) is 6.22. The van der Waals surface area contributed by atoms with Gasteiger partial charge in [0.25, 0.3) is 0 Å². The van der Waals surface area contributed by atoms with Crippen molar-refractivity contribution >= 4 is 11.6 Å². The number of rotatable bonds is 3. The second kappa shape index (κ2) is 5.08. The molecule has 0 spiro atoms. The third kappa shape index (κ3) is 2.40. The van der Waals surface area contributed by atoms with Crippen LogP contribution in [0.2, 0.25) is 5.02 Å². The zero-order valence-corrected chi connectivity index (χ0v) is 11.6. The molecule has 2 rings (SSSR count). The summed E-state index contributed by atoms with van der Waals surface area (Å²) in [5, 5.41) is 5.00. The van der Waals surface area contributed by atoms with E-state index in [0.29, 0.717) is 11.4 Å². The van der Waals surface area contributed by atoms with E-state index in [1.54, 1.807) is 10.9 Å². The Labute approximate surface area is 112 Å². The molecular weight excluding hydrogens is 248 g/mol. The molecule has 2 heterocycles. The number of aromatic nitrogens is 3. The summed E-state index contributed by atoms with van der Waals surface area (Å²) >= 11 is 6.23. The summed E-state index contributed by atoms with van der Waals surface area (Å²) in [6.07, 6.45) is 4.25. The first-order chi connectivity index (χ1) is 8.50. The molecule has 0 fully saturated rings. The van der Waals surface area contributed by atoms with Crippen LogP contribution in [0.5, 0.6) is 0 Å². The van der Waals surface area contributed by atoms with Gasteiger partial charge >= 0.3 is 0 Å². The van der Waals surface area contributed by atoms with Crippen LogP contribution in [0.1, 0.15) is 28.6 Å². The summed E-state index contributed by atoms with van der Waals surface area (Å²) < 4.78 is 1.80. The van der Waals surface area contributed by atoms with Gasteiger partial charge in [0, 0.05) is 31.9 Å². The molecular formula is C13H17ClN4. The van der Waals surface area contributed by atoms with Crippen molar-refractivity contribution in [1.82, 2.24) is 14.8 Å². The van der Waals surface area contributed by atoms with Crippen molar-refractivity contribution in [1.29, 1.82) is 0 Å². The van der Waals surface area contributed by atoms with Gasteiger partial charge in [-0.1, -0.05) is 11.6 Å². The fourth-order valence-corrected chi connectivity index (χ4v) is 2.36. The molecule has 0 radical (unpaired) electrons. The van der Waals surface area contributed by atoms with Gasteiger partial charge in [0.2, 0.25) is 0 Å². The molecule has 96 valence electrons. The Morgan fingerprint density at radius 2 is 2.17 bits per heavy atom. The van der Waals surface area contributed by atoms with Gasteiger partial charge in [-0.25, -0.2) is 0 Å². The number of nitrogens with two attached hydrogens (primary N) is 1. The maximum absolute atomic E-state index is 6.25. The second-order valence-electron chi connectivity index (χ2n) is 4.51. The maximum Gasteiger partial charge on any atom is 0.0847 e. The predicted octanol–water partition coefficient (Wildman–Crippen LogP) is 2.33. The van der Waals surface area contributed by atoms with E-state index in [4.69, 9.17) is 17.3 Å². The summed E-state index contributed by atoms with van der Waals surface area (Å²) in [6.45, 7) is 3.91. The molecule has 4 nitrogen and oxygen atoms in total. The van der Waals surface area contributed by atoms with Crippen LogP contribution < -0.4 is 5.73 Å². The number of hydrogen-bond donors (Lipinski definition) is 1. The van der Waals surface area contributed by atoms with E-state index in [2.05, 4.69) is 10.1 Å². The molecule has 2 aromatic rings. The standard InChI is InChI=1S/C13H17ClN4/c1-8-7-16-5-4-10(8)11(15)6-12-13(14)9(2)17-18(12)3/h4-5,7,11H,6,15H2,1-3H3. The van der Waals surface area contributed by atoms with Crippen molar-refractivity contribution in [2.75, 3.05) is 0 Å². The second-order valence-corrected chi connectivity index (χ2v) is 4.89. The van der Waals surface area contributed by atoms with Crippen molar-refractivity contribution in [2.45, 2.75) is 26.3 Å². The van der Waals surface area contributed by atoms with Crippen LogP contribution in [0.3, 0.4) is 0 Å². The van der Waals surface area contributed by atoms with E-state index in [-0.39, 0.29) is 6.04 Å². The van der Waals surface area contributed by atoms with Crippen LogP contribution in [0, 0.1) is 13.8 Å². The van der Waals surface area contributed by atoms with Gasteiger partial charge in [-0.3, -0.25) is 9.67 Å². The van der Waals surface area contributed by atoms with E-state index in [9.17, 15) is 0 Å². The monoisotopic (exact) mass is 264 g/mol. The molecule has 0 saturated carbocycles. The van der Waals surface area contributed by atoms with Gasteiger partial charge in [0.05, 0.1) is 16.4 Å². The normalized spacial score (nSPS) is 12.7. The van der Waals surface area contributed by atoms with E-state index >= 15 is 0 Å². The van der Waals surface area contributed by atoms with E-state index < -0.39 is 0 Å². The summed E-state index contributed by atoms with van der Waals surface area (Å²) in [5.41, 5.74) is 10.3. The average Bonchev–Trinajstić information content (AvgIpc) is 2.56. The average molecular weight is 265 g/mol. The van der Waals surface area contributed by atoms with Gasteiger partial charge in [0.15, 0.2) is 0 Å². The van der Waals surface area contributed by atoms with Crippen molar-refractivity contribution in [3.05, 3.63) is 46.0 Å². The zero-order valence-electron chi connectivity index (χ0n) is 10.8. The summed E-state index contributed by atoms with van der Waals surface area (Å²) in [7, 11) is 1.89. The van der Waals surface area contributed by atoms with Crippen molar-refractivity contribution in [3.8, 4) is 0 Å². The lowest BCUT2D eigenvalue weighted by Gasteiger charge is -2.14. The Balaban J connectivity index is 2.27. The van der Waals surface area contributed by atoms with Gasteiger partial charge in [0.1, 0.15) is 0 Å². The van der Waals surface area contributed by atoms with Crippen molar-refractivity contribution in [2.24, 2.45) is 12.8 Å². The third-order valence-electron chi connectivity index (χ3n) is 3.14. The zero-order chi connectivity index (χ0) is 13.3. The first kappa shape index (κ1) is 13.1. The molecule has 0 aliphatic rings. The molecule has 0 aliphatic heterocycles. The van der Waals surface area contributed by atoms with Crippen LogP contribution in [0.4, 0.5) is 0 Å². The van der Waals surface area contributed by atoms with E-state index in [1.165, 1.54) is 0 Å². The minimum atomic E-state index is -0.0969. The fraction of sp³-hybridized carbons (Fsp3) is 0.385. The molecule has 2 aromatic heterocycles. The molecule has 0 aromatic carbocycles. The number of hydrogen-bond acceptors (Lipinski definition) is 3. The Bertz CT molecular complexity index is 562. The molecule has 1 atom stereocenters. The van der Waals surface area contributed by atoms with E-state index in [0.717, 1.165) is 22.5 Å². The van der Waals surface area contributed by atoms with Gasteiger partial charge < -0.3 is 5.73 Å². The highest BCUT2D eigenvalue weighted by atomic mass is 35.5. The molecule has 5 heteroatoms. The first-order valence-electron chi connectivity index (χ1n) is 5.84. The molecule has 0 aliphatic carbocycles. The highest BCUT2D eigenvalue weighted by Gasteiger charge is 2.16. The molecule has 0 amide bonds. The molecule has 18 heavy (non-hydrogen) atoms. The number of pyridine rings is 1. The lowest BCUT2D eigenvalue weighted by atomic mass is 10.00. The number of halogens is 1. The predicted molar refractivity (Wildman–Crippen MR) is 72.6 cm³/mol. The SMILES string of the molecule is Cc1cnccc1C(N)Cc1c(Cl)c(C)nn1C. The molecule has 0 saturated heterocycles. The van der Waals surface area contributed by atoms with Gasteiger partial charge in [-0.05, 0) is 31.0 Å². The van der Waals surface area contributed by atoms with Crippen LogP contribution in [0.15, 0.2) is 18.5 Å². The minimum absolute atomic E-state index is 0.0969. The van der Waals surface area contributed by atoms with Gasteiger partial charge in [-0.2, -0.15) is 5.10 Å². The van der Waals surface area contributed by atoms with Crippen LogP contribution in [-0.2, 0) is 13.5 Å². The summed E-state index contributed by atoms with van der Waals surface area (Å²) in [4.78, 5) is 4.07. The Morgan fingerprint density at radius 3 is 2.72 bits per heavy atom. The van der Waals surface area contributed by atoms with Crippen molar-refractivity contribution < 1.29 is 0 Å². The van der Waals surface area contributed by atoms with Crippen LogP contribution in [-0.4, -0.2) is 14.8 Å². The largest absolute Gasteiger partial charge is 0.324 e. The lowest BCUT2D eigenvalue weighted by Crippen LogP contribution is -2.16. The highest BCUT2D eigenvalue weighted by molar-refractivity contribution is 6.31. The molecule has 1 unspecified atom stereocenters. The van der Waals surface area contributed by atoms with Crippen LogP contribution in [0.25, 0.3) is 0 Å². The number of nitrogens with zero attached hydrogens (tertiary/aromatic N) is 3. The van der Waals surface area contributed by atoms with Crippen LogP contribution >= 0.6 is 11.6 Å². The smallest absolute Gasteiger partial charge is 0.0847 e. The topological polar surface area (TPSA) is 56.7 Å². The quantitative estimate of drug-likeness (QED) is 0.926. The summed E-state index contributed by atoms with van der Waals surface area (Å²) in [6, 6.07) is 1.86. The Morgan fingerprint density at radius 1 is 1.44 bits per heavy atom. The molecule has 2 N–H and O–H groups in total. The fourth-order valence-electron chi connectivity index (χ4n) is 2.12. The Hall–Kier alpha value is -1.39. The van der Waals surface area contributed by atoms with Crippen molar-refractivity contribution in [3.63, 3.8) is 0 Å². The maximum atomic E-state index is 6.25. The molecule has 0 bridgehead atoms. The highest BCUT2D eigenvalue weighted by Crippen LogP contribution is 2.25.